The SMILES string of the molecule is CNc1nc(N)c(C(=O)N2CCOCC2)s1. The van der Waals surface area contributed by atoms with Gasteiger partial charge in [-0.3, -0.25) is 4.79 Å². The predicted molar refractivity (Wildman–Crippen MR) is 62.8 cm³/mol. The molecule has 6 nitrogen and oxygen atoms in total. The molecule has 0 spiro atoms. The second-order valence-corrected chi connectivity index (χ2v) is 4.39. The fourth-order valence-electron chi connectivity index (χ4n) is 1.50. The number of aromatic nitrogens is 1. The van der Waals surface area contributed by atoms with E-state index in [4.69, 9.17) is 10.5 Å². The van der Waals surface area contributed by atoms with Crippen LogP contribution in [-0.2, 0) is 4.74 Å². The van der Waals surface area contributed by atoms with E-state index in [0.29, 0.717) is 42.1 Å². The Morgan fingerprint density at radius 3 is 2.81 bits per heavy atom. The number of rotatable bonds is 2. The van der Waals surface area contributed by atoms with Crippen LogP contribution in [0, 0.1) is 0 Å². The summed E-state index contributed by atoms with van der Waals surface area (Å²) in [6.07, 6.45) is 0. The molecule has 1 aromatic rings. The summed E-state index contributed by atoms with van der Waals surface area (Å²) in [4.78, 5) is 18.4. The van der Waals surface area contributed by atoms with Crippen molar-refractivity contribution in [3.8, 4) is 0 Å². The predicted octanol–water partition coefficient (Wildman–Crippen LogP) is 0.239. The summed E-state index contributed by atoms with van der Waals surface area (Å²) < 4.78 is 5.19. The zero-order chi connectivity index (χ0) is 11.5. The number of ether oxygens (including phenoxy) is 1. The number of morpholine rings is 1. The largest absolute Gasteiger partial charge is 0.382 e. The topological polar surface area (TPSA) is 80.5 Å². The zero-order valence-corrected chi connectivity index (χ0v) is 9.84. The third kappa shape index (κ3) is 2.10. The average molecular weight is 242 g/mol. The summed E-state index contributed by atoms with van der Waals surface area (Å²) in [5.74, 6) is 0.241. The number of nitrogen functional groups attached to an aromatic ring is 1. The van der Waals surface area contributed by atoms with Crippen molar-refractivity contribution in [3.63, 3.8) is 0 Å². The van der Waals surface area contributed by atoms with E-state index in [1.165, 1.54) is 11.3 Å². The molecule has 0 unspecified atom stereocenters. The van der Waals surface area contributed by atoms with E-state index < -0.39 is 0 Å². The van der Waals surface area contributed by atoms with Crippen LogP contribution in [0.2, 0.25) is 0 Å². The van der Waals surface area contributed by atoms with E-state index in [1.807, 2.05) is 0 Å². The molecule has 1 aromatic heterocycles. The Kier molecular flexibility index (Phi) is 3.25. The van der Waals surface area contributed by atoms with E-state index in [2.05, 4.69) is 10.3 Å². The fraction of sp³-hybridized carbons (Fsp3) is 0.556. The molecular weight excluding hydrogens is 228 g/mol. The van der Waals surface area contributed by atoms with Gasteiger partial charge in [-0.25, -0.2) is 4.98 Å². The number of anilines is 2. The lowest BCUT2D eigenvalue weighted by molar-refractivity contribution is 0.0306. The minimum Gasteiger partial charge on any atom is -0.382 e. The van der Waals surface area contributed by atoms with Gasteiger partial charge in [-0.15, -0.1) is 0 Å². The fourth-order valence-corrected chi connectivity index (χ4v) is 2.31. The van der Waals surface area contributed by atoms with Gasteiger partial charge in [0, 0.05) is 20.1 Å². The summed E-state index contributed by atoms with van der Waals surface area (Å²) in [5, 5.41) is 3.54. The Morgan fingerprint density at radius 2 is 2.25 bits per heavy atom. The van der Waals surface area contributed by atoms with Crippen LogP contribution in [0.4, 0.5) is 10.9 Å². The van der Waals surface area contributed by atoms with Gasteiger partial charge in [0.2, 0.25) is 0 Å². The first-order chi connectivity index (χ1) is 7.72. The Bertz CT molecular complexity index is 387. The minimum atomic E-state index is -0.0557. The van der Waals surface area contributed by atoms with Gasteiger partial charge in [0.25, 0.3) is 5.91 Å². The number of carbonyl (C=O) groups is 1. The third-order valence-electron chi connectivity index (χ3n) is 2.36. The highest BCUT2D eigenvalue weighted by molar-refractivity contribution is 7.18. The number of hydrogen-bond acceptors (Lipinski definition) is 6. The maximum atomic E-state index is 12.1. The normalized spacial score (nSPS) is 16.2. The minimum absolute atomic E-state index is 0.0557. The molecule has 1 fully saturated rings. The molecule has 0 bridgehead atoms. The van der Waals surface area contributed by atoms with Crippen LogP contribution in [0.1, 0.15) is 9.67 Å². The molecule has 16 heavy (non-hydrogen) atoms. The number of carbonyl (C=O) groups excluding carboxylic acids is 1. The molecule has 1 saturated heterocycles. The molecule has 1 aliphatic heterocycles. The van der Waals surface area contributed by atoms with Gasteiger partial charge in [0.1, 0.15) is 10.7 Å². The van der Waals surface area contributed by atoms with Crippen LogP contribution < -0.4 is 11.1 Å². The van der Waals surface area contributed by atoms with E-state index in [1.54, 1.807) is 11.9 Å². The van der Waals surface area contributed by atoms with Crippen molar-refractivity contribution >= 4 is 28.2 Å². The molecule has 0 aliphatic carbocycles. The van der Waals surface area contributed by atoms with Gasteiger partial charge in [0.05, 0.1) is 13.2 Å². The highest BCUT2D eigenvalue weighted by Crippen LogP contribution is 2.26. The van der Waals surface area contributed by atoms with Crippen molar-refractivity contribution in [2.75, 3.05) is 44.4 Å². The summed E-state index contributed by atoms with van der Waals surface area (Å²) in [6, 6.07) is 0. The van der Waals surface area contributed by atoms with E-state index >= 15 is 0 Å². The maximum Gasteiger partial charge on any atom is 0.268 e. The second-order valence-electron chi connectivity index (χ2n) is 3.39. The van der Waals surface area contributed by atoms with Gasteiger partial charge in [-0.1, -0.05) is 11.3 Å². The van der Waals surface area contributed by atoms with Crippen molar-refractivity contribution < 1.29 is 9.53 Å². The van der Waals surface area contributed by atoms with Crippen molar-refractivity contribution in [3.05, 3.63) is 4.88 Å². The molecule has 0 atom stereocenters. The van der Waals surface area contributed by atoms with Crippen LogP contribution >= 0.6 is 11.3 Å². The first-order valence-electron chi connectivity index (χ1n) is 5.03. The number of hydrogen-bond donors (Lipinski definition) is 2. The summed E-state index contributed by atoms with van der Waals surface area (Å²) >= 11 is 1.28. The van der Waals surface area contributed by atoms with E-state index in [-0.39, 0.29) is 5.91 Å². The maximum absolute atomic E-state index is 12.1. The van der Waals surface area contributed by atoms with Gasteiger partial charge in [-0.05, 0) is 0 Å². The number of nitrogens with two attached hydrogens (primary N) is 1. The van der Waals surface area contributed by atoms with Crippen molar-refractivity contribution in [1.82, 2.24) is 9.88 Å². The van der Waals surface area contributed by atoms with E-state index in [9.17, 15) is 4.79 Å². The molecule has 1 aliphatic rings. The summed E-state index contributed by atoms with van der Waals surface area (Å²) in [5.41, 5.74) is 5.71. The van der Waals surface area contributed by atoms with Crippen molar-refractivity contribution in [1.29, 1.82) is 0 Å². The molecule has 0 aromatic carbocycles. The first-order valence-corrected chi connectivity index (χ1v) is 5.85. The lowest BCUT2D eigenvalue weighted by Crippen LogP contribution is -2.40. The van der Waals surface area contributed by atoms with Gasteiger partial charge in [-0.2, -0.15) is 0 Å². The zero-order valence-electron chi connectivity index (χ0n) is 9.02. The van der Waals surface area contributed by atoms with Crippen LogP contribution in [0.15, 0.2) is 0 Å². The molecular formula is C9H14N4O2S. The lowest BCUT2D eigenvalue weighted by Gasteiger charge is -2.26. The van der Waals surface area contributed by atoms with Crippen LogP contribution in [0.25, 0.3) is 0 Å². The number of amides is 1. The monoisotopic (exact) mass is 242 g/mol. The van der Waals surface area contributed by atoms with Gasteiger partial charge >= 0.3 is 0 Å². The molecule has 3 N–H and O–H groups in total. The quantitative estimate of drug-likeness (QED) is 0.776. The summed E-state index contributed by atoms with van der Waals surface area (Å²) in [6.45, 7) is 2.41. The average Bonchev–Trinajstić information content (AvgIpc) is 2.71. The number of nitrogens with one attached hydrogen (secondary N) is 1. The number of nitrogens with zero attached hydrogens (tertiary/aromatic N) is 2. The van der Waals surface area contributed by atoms with E-state index in [0.717, 1.165) is 0 Å². The Morgan fingerprint density at radius 1 is 1.56 bits per heavy atom. The smallest absolute Gasteiger partial charge is 0.268 e. The molecule has 1 amide bonds. The van der Waals surface area contributed by atoms with Crippen molar-refractivity contribution in [2.24, 2.45) is 0 Å². The standard InChI is InChI=1S/C9H14N4O2S/c1-11-9-12-7(10)6(16-9)8(14)13-2-4-15-5-3-13/h2-5,10H2,1H3,(H,11,12). The molecule has 0 radical (unpaired) electrons. The Hall–Kier alpha value is -1.34. The number of thiazole rings is 1. The molecule has 2 heterocycles. The second kappa shape index (κ2) is 4.67. The van der Waals surface area contributed by atoms with Crippen LogP contribution in [-0.4, -0.2) is 49.1 Å². The van der Waals surface area contributed by atoms with Gasteiger partial charge < -0.3 is 20.7 Å². The highest BCUT2D eigenvalue weighted by atomic mass is 32.1. The van der Waals surface area contributed by atoms with Crippen molar-refractivity contribution in [2.45, 2.75) is 0 Å². The third-order valence-corrected chi connectivity index (χ3v) is 3.44. The first kappa shape index (κ1) is 11.2. The highest BCUT2D eigenvalue weighted by Gasteiger charge is 2.23. The van der Waals surface area contributed by atoms with Gasteiger partial charge in [0.15, 0.2) is 5.13 Å². The molecule has 0 saturated carbocycles. The molecule has 2 rings (SSSR count). The van der Waals surface area contributed by atoms with Crippen LogP contribution in [0.5, 0.6) is 0 Å². The Balaban J connectivity index is 2.15. The summed E-state index contributed by atoms with van der Waals surface area (Å²) in [7, 11) is 1.75. The molecule has 88 valence electrons. The lowest BCUT2D eigenvalue weighted by atomic mass is 10.3. The Labute approximate surface area is 97.4 Å². The molecule has 7 heteroatoms. The van der Waals surface area contributed by atoms with Crippen LogP contribution in [0.3, 0.4) is 0 Å².